The van der Waals surface area contributed by atoms with Crippen LogP contribution in [-0.2, 0) is 19.0 Å². The first-order chi connectivity index (χ1) is 14.3. The Kier molecular flexibility index (Phi) is 5.52. The molecule has 0 atom stereocenters. The van der Waals surface area contributed by atoms with Gasteiger partial charge in [-0.1, -0.05) is 40.7 Å². The van der Waals surface area contributed by atoms with Gasteiger partial charge in [0, 0.05) is 23.2 Å². The molecule has 0 aliphatic heterocycles. The average Bonchev–Trinajstić information content (AvgIpc) is 3.33. The summed E-state index contributed by atoms with van der Waals surface area (Å²) in [5.41, 5.74) is 0.328. The topological polar surface area (TPSA) is 69.6 Å². The van der Waals surface area contributed by atoms with Crippen molar-refractivity contribution in [3.63, 3.8) is 0 Å². The predicted octanol–water partition coefficient (Wildman–Crippen LogP) is 5.50. The summed E-state index contributed by atoms with van der Waals surface area (Å²) in [4.78, 5) is 4.19. The first-order valence-electron chi connectivity index (χ1n) is 8.59. The number of thioether (sulfide) groups is 1. The zero-order valence-corrected chi connectivity index (χ0v) is 17.0. The fourth-order valence-corrected chi connectivity index (χ4v) is 3.56. The van der Waals surface area contributed by atoms with E-state index in [2.05, 4.69) is 20.3 Å². The van der Waals surface area contributed by atoms with Gasteiger partial charge in [-0.05, 0) is 36.4 Å². The van der Waals surface area contributed by atoms with E-state index in [0.29, 0.717) is 21.8 Å². The number of rotatable bonds is 5. The summed E-state index contributed by atoms with van der Waals surface area (Å²) in [6.45, 7) is 0. The largest absolute Gasteiger partial charge is 0.416 e. The molecule has 154 valence electrons. The molecule has 0 radical (unpaired) electrons. The summed E-state index contributed by atoms with van der Waals surface area (Å²) in [7, 11) is 1.83. The highest BCUT2D eigenvalue weighted by atomic mass is 35.5. The first kappa shape index (κ1) is 20.4. The third kappa shape index (κ3) is 4.34. The zero-order chi connectivity index (χ0) is 21.3. The van der Waals surface area contributed by atoms with Gasteiger partial charge < -0.3 is 9.09 Å². The number of hydrogen-bond donors (Lipinski definition) is 0. The molecule has 30 heavy (non-hydrogen) atoms. The molecule has 0 spiro atoms. The van der Waals surface area contributed by atoms with Crippen molar-refractivity contribution >= 4 is 23.4 Å². The highest BCUT2D eigenvalue weighted by Crippen LogP contribution is 2.32. The quantitative estimate of drug-likeness (QED) is 0.373. The molecular formula is C19H13ClF3N5OS. The maximum absolute atomic E-state index is 12.9. The SMILES string of the molecule is Cn1c(SCc2nc(-c3cccc(C(F)(F)F)c3)no2)nnc1-c1ccc(Cl)cc1. The lowest BCUT2D eigenvalue weighted by Crippen LogP contribution is -2.04. The van der Waals surface area contributed by atoms with Crippen molar-refractivity contribution in [2.24, 2.45) is 7.05 Å². The molecule has 0 aliphatic rings. The monoisotopic (exact) mass is 451 g/mol. The summed E-state index contributed by atoms with van der Waals surface area (Å²) in [6.07, 6.45) is -4.44. The minimum atomic E-state index is -4.44. The van der Waals surface area contributed by atoms with E-state index in [0.717, 1.165) is 17.7 Å². The minimum Gasteiger partial charge on any atom is -0.338 e. The fourth-order valence-electron chi connectivity index (χ4n) is 2.68. The lowest BCUT2D eigenvalue weighted by Gasteiger charge is -2.06. The standard InChI is InChI=1S/C19H13ClF3N5OS/c1-28-17(11-5-7-14(20)8-6-11)25-26-18(28)30-10-15-24-16(27-29-15)12-3-2-4-13(9-12)19(21,22)23/h2-9H,10H2,1H3. The molecular weight excluding hydrogens is 439 g/mol. The van der Waals surface area contributed by atoms with Gasteiger partial charge in [-0.25, -0.2) is 0 Å². The lowest BCUT2D eigenvalue weighted by atomic mass is 10.1. The normalized spacial score (nSPS) is 11.8. The van der Waals surface area contributed by atoms with Gasteiger partial charge in [0.25, 0.3) is 0 Å². The Morgan fingerprint density at radius 1 is 1.07 bits per heavy atom. The Bertz CT molecular complexity index is 1170. The van der Waals surface area contributed by atoms with E-state index < -0.39 is 11.7 Å². The van der Waals surface area contributed by atoms with Crippen molar-refractivity contribution in [1.29, 1.82) is 0 Å². The van der Waals surface area contributed by atoms with Crippen LogP contribution in [0, 0.1) is 0 Å². The van der Waals surface area contributed by atoms with E-state index in [1.165, 1.54) is 23.9 Å². The van der Waals surface area contributed by atoms with Crippen molar-refractivity contribution in [3.05, 3.63) is 65.0 Å². The number of alkyl halides is 3. The van der Waals surface area contributed by atoms with Crippen molar-refractivity contribution in [3.8, 4) is 22.8 Å². The van der Waals surface area contributed by atoms with Crippen LogP contribution in [0.1, 0.15) is 11.5 Å². The molecule has 0 saturated heterocycles. The second-order valence-electron chi connectivity index (χ2n) is 6.25. The van der Waals surface area contributed by atoms with Gasteiger partial charge in [-0.3, -0.25) is 0 Å². The van der Waals surface area contributed by atoms with E-state index in [-0.39, 0.29) is 17.3 Å². The maximum Gasteiger partial charge on any atom is 0.416 e. The van der Waals surface area contributed by atoms with Gasteiger partial charge in [0.05, 0.1) is 11.3 Å². The Morgan fingerprint density at radius 3 is 2.57 bits per heavy atom. The molecule has 2 aromatic carbocycles. The van der Waals surface area contributed by atoms with Crippen LogP contribution in [0.3, 0.4) is 0 Å². The predicted molar refractivity (Wildman–Crippen MR) is 106 cm³/mol. The Hall–Kier alpha value is -2.85. The van der Waals surface area contributed by atoms with E-state index in [1.54, 1.807) is 12.1 Å². The van der Waals surface area contributed by atoms with Crippen molar-refractivity contribution in [1.82, 2.24) is 24.9 Å². The molecule has 0 unspecified atom stereocenters. The van der Waals surface area contributed by atoms with Crippen LogP contribution in [0.25, 0.3) is 22.8 Å². The van der Waals surface area contributed by atoms with Gasteiger partial charge in [0.15, 0.2) is 11.0 Å². The molecule has 0 aliphatic carbocycles. The van der Waals surface area contributed by atoms with Crippen LogP contribution < -0.4 is 0 Å². The second kappa shape index (κ2) is 8.11. The van der Waals surface area contributed by atoms with Gasteiger partial charge in [0.1, 0.15) is 0 Å². The van der Waals surface area contributed by atoms with Crippen molar-refractivity contribution < 1.29 is 17.7 Å². The molecule has 0 fully saturated rings. The molecule has 2 aromatic heterocycles. The van der Waals surface area contributed by atoms with E-state index >= 15 is 0 Å². The molecule has 4 aromatic rings. The van der Waals surface area contributed by atoms with Crippen LogP contribution in [0.2, 0.25) is 5.02 Å². The third-order valence-electron chi connectivity index (χ3n) is 4.18. The molecule has 6 nitrogen and oxygen atoms in total. The average molecular weight is 452 g/mol. The van der Waals surface area contributed by atoms with Crippen LogP contribution in [0.4, 0.5) is 13.2 Å². The summed E-state index contributed by atoms with van der Waals surface area (Å²) in [6, 6.07) is 12.0. The smallest absolute Gasteiger partial charge is 0.338 e. The number of aromatic nitrogens is 5. The first-order valence-corrected chi connectivity index (χ1v) is 9.96. The van der Waals surface area contributed by atoms with Crippen LogP contribution in [0.15, 0.2) is 58.2 Å². The molecule has 2 heterocycles. The van der Waals surface area contributed by atoms with Gasteiger partial charge in [-0.2, -0.15) is 18.2 Å². The van der Waals surface area contributed by atoms with E-state index in [9.17, 15) is 13.2 Å². The highest BCUT2D eigenvalue weighted by molar-refractivity contribution is 7.98. The second-order valence-corrected chi connectivity index (χ2v) is 7.63. The maximum atomic E-state index is 12.9. The Balaban J connectivity index is 1.47. The van der Waals surface area contributed by atoms with Gasteiger partial charge in [0.2, 0.25) is 11.7 Å². The number of hydrogen-bond acceptors (Lipinski definition) is 6. The molecule has 0 amide bonds. The van der Waals surface area contributed by atoms with Gasteiger partial charge >= 0.3 is 6.18 Å². The zero-order valence-electron chi connectivity index (χ0n) is 15.4. The summed E-state index contributed by atoms with van der Waals surface area (Å²) in [5, 5.41) is 13.4. The Morgan fingerprint density at radius 2 is 1.83 bits per heavy atom. The summed E-state index contributed by atoms with van der Waals surface area (Å²) >= 11 is 7.23. The summed E-state index contributed by atoms with van der Waals surface area (Å²) in [5.74, 6) is 1.32. The fraction of sp³-hybridized carbons (Fsp3) is 0.158. The highest BCUT2D eigenvalue weighted by Gasteiger charge is 2.30. The molecule has 11 heteroatoms. The number of benzene rings is 2. The van der Waals surface area contributed by atoms with E-state index in [4.69, 9.17) is 16.1 Å². The lowest BCUT2D eigenvalue weighted by molar-refractivity contribution is -0.137. The molecule has 0 bridgehead atoms. The number of halogens is 4. The molecule has 4 rings (SSSR count). The molecule has 0 saturated carbocycles. The third-order valence-corrected chi connectivity index (χ3v) is 5.44. The van der Waals surface area contributed by atoms with Crippen LogP contribution in [0.5, 0.6) is 0 Å². The molecule has 0 N–H and O–H groups in total. The number of nitrogens with zero attached hydrogens (tertiary/aromatic N) is 5. The summed E-state index contributed by atoms with van der Waals surface area (Å²) < 4.78 is 45.7. The van der Waals surface area contributed by atoms with Crippen LogP contribution in [-0.4, -0.2) is 24.9 Å². The minimum absolute atomic E-state index is 0.0940. The van der Waals surface area contributed by atoms with Crippen molar-refractivity contribution in [2.45, 2.75) is 17.1 Å². The Labute approximate surface area is 178 Å². The van der Waals surface area contributed by atoms with Gasteiger partial charge in [-0.15, -0.1) is 10.2 Å². The van der Waals surface area contributed by atoms with Crippen LogP contribution >= 0.6 is 23.4 Å². The van der Waals surface area contributed by atoms with Crippen molar-refractivity contribution in [2.75, 3.05) is 0 Å². The van der Waals surface area contributed by atoms with E-state index in [1.807, 2.05) is 23.7 Å².